The van der Waals surface area contributed by atoms with E-state index in [0.29, 0.717) is 0 Å². The van der Waals surface area contributed by atoms with Crippen molar-refractivity contribution in [3.8, 4) is 0 Å². The molecular formula is C9H19N. The van der Waals surface area contributed by atoms with Gasteiger partial charge in [0.1, 0.15) is 0 Å². The molecule has 1 aliphatic heterocycles. The Morgan fingerprint density at radius 2 is 1.80 bits per heavy atom. The summed E-state index contributed by atoms with van der Waals surface area (Å²) in [5, 5.41) is 0. The van der Waals surface area contributed by atoms with Gasteiger partial charge < -0.3 is 4.90 Å². The van der Waals surface area contributed by atoms with E-state index >= 15 is 0 Å². The van der Waals surface area contributed by atoms with E-state index in [1.165, 1.54) is 25.8 Å². The van der Waals surface area contributed by atoms with Gasteiger partial charge in [-0.05, 0) is 45.7 Å². The molecule has 0 spiro atoms. The van der Waals surface area contributed by atoms with Gasteiger partial charge in [0.2, 0.25) is 0 Å². The Morgan fingerprint density at radius 3 is 2.50 bits per heavy atom. The quantitative estimate of drug-likeness (QED) is 0.499. The predicted molar refractivity (Wildman–Crippen MR) is 45.1 cm³/mol. The van der Waals surface area contributed by atoms with Crippen LogP contribution < -0.4 is 0 Å². The Morgan fingerprint density at radius 1 is 1.10 bits per heavy atom. The van der Waals surface area contributed by atoms with Crippen molar-refractivity contribution in [2.45, 2.75) is 39.2 Å². The molecule has 60 valence electrons. The van der Waals surface area contributed by atoms with Crippen molar-refractivity contribution in [3.63, 3.8) is 0 Å². The molecule has 0 bridgehead atoms. The van der Waals surface area contributed by atoms with Gasteiger partial charge in [-0.3, -0.25) is 0 Å². The number of hydrogen-bond donors (Lipinski definition) is 0. The van der Waals surface area contributed by atoms with Crippen molar-refractivity contribution in [1.82, 2.24) is 4.90 Å². The van der Waals surface area contributed by atoms with E-state index in [4.69, 9.17) is 0 Å². The zero-order valence-corrected chi connectivity index (χ0v) is 7.43. The van der Waals surface area contributed by atoms with Crippen molar-refractivity contribution in [1.29, 1.82) is 0 Å². The molecule has 1 heterocycles. The van der Waals surface area contributed by atoms with Crippen LogP contribution in [-0.2, 0) is 0 Å². The standard InChI is InChI=1S/C9H19N/c1-8-4-5-9(2)10(3)7-6-8/h8-9H,4-7H2,1-3H3. The highest BCUT2D eigenvalue weighted by Gasteiger charge is 2.15. The Hall–Kier alpha value is -0.0400. The summed E-state index contributed by atoms with van der Waals surface area (Å²) in [6.07, 6.45) is 4.20. The van der Waals surface area contributed by atoms with Crippen LogP contribution in [-0.4, -0.2) is 24.5 Å². The lowest BCUT2D eigenvalue weighted by atomic mass is 10.0. The second kappa shape index (κ2) is 3.38. The highest BCUT2D eigenvalue weighted by atomic mass is 15.1. The molecule has 2 unspecified atom stereocenters. The Labute approximate surface area is 64.4 Å². The maximum atomic E-state index is 2.48. The van der Waals surface area contributed by atoms with Gasteiger partial charge >= 0.3 is 0 Å². The first-order valence-corrected chi connectivity index (χ1v) is 4.40. The van der Waals surface area contributed by atoms with Crippen LogP contribution in [0.1, 0.15) is 33.1 Å². The van der Waals surface area contributed by atoms with Gasteiger partial charge in [-0.25, -0.2) is 0 Å². The minimum Gasteiger partial charge on any atom is -0.304 e. The van der Waals surface area contributed by atoms with Crippen LogP contribution in [0, 0.1) is 5.92 Å². The summed E-state index contributed by atoms with van der Waals surface area (Å²) < 4.78 is 0. The van der Waals surface area contributed by atoms with Gasteiger partial charge in [-0.1, -0.05) is 6.92 Å². The molecule has 2 atom stereocenters. The average Bonchev–Trinajstić information content (AvgIpc) is 2.04. The van der Waals surface area contributed by atoms with E-state index < -0.39 is 0 Å². The summed E-state index contributed by atoms with van der Waals surface area (Å²) in [7, 11) is 2.24. The summed E-state index contributed by atoms with van der Waals surface area (Å²) in [6, 6.07) is 0.810. The van der Waals surface area contributed by atoms with Crippen molar-refractivity contribution >= 4 is 0 Å². The van der Waals surface area contributed by atoms with Gasteiger partial charge in [0.05, 0.1) is 0 Å². The van der Waals surface area contributed by atoms with Crippen molar-refractivity contribution in [2.24, 2.45) is 5.92 Å². The second-order valence-corrected chi connectivity index (χ2v) is 3.80. The Balaban J connectivity index is 2.38. The van der Waals surface area contributed by atoms with Gasteiger partial charge in [0.25, 0.3) is 0 Å². The first kappa shape index (κ1) is 8.06. The fourth-order valence-corrected chi connectivity index (χ4v) is 1.53. The zero-order chi connectivity index (χ0) is 7.56. The van der Waals surface area contributed by atoms with Crippen LogP contribution in [0.5, 0.6) is 0 Å². The smallest absolute Gasteiger partial charge is 0.00639 e. The number of hydrogen-bond acceptors (Lipinski definition) is 1. The van der Waals surface area contributed by atoms with E-state index in [-0.39, 0.29) is 0 Å². The van der Waals surface area contributed by atoms with Gasteiger partial charge in [0.15, 0.2) is 0 Å². The topological polar surface area (TPSA) is 3.24 Å². The third-order valence-electron chi connectivity index (χ3n) is 2.80. The molecular weight excluding hydrogens is 122 g/mol. The molecule has 1 rings (SSSR count). The minimum absolute atomic E-state index is 0.810. The van der Waals surface area contributed by atoms with Crippen molar-refractivity contribution in [3.05, 3.63) is 0 Å². The third-order valence-corrected chi connectivity index (χ3v) is 2.80. The summed E-state index contributed by atoms with van der Waals surface area (Å²) in [5.74, 6) is 0.951. The lowest BCUT2D eigenvalue weighted by Gasteiger charge is -2.20. The minimum atomic E-state index is 0.810. The highest BCUT2D eigenvalue weighted by molar-refractivity contribution is 4.70. The van der Waals surface area contributed by atoms with Crippen molar-refractivity contribution in [2.75, 3.05) is 13.6 Å². The lowest BCUT2D eigenvalue weighted by molar-refractivity contribution is 0.263. The molecule has 0 N–H and O–H groups in total. The molecule has 0 aromatic carbocycles. The molecule has 1 nitrogen and oxygen atoms in total. The van der Waals surface area contributed by atoms with E-state index in [9.17, 15) is 0 Å². The monoisotopic (exact) mass is 141 g/mol. The maximum absolute atomic E-state index is 2.48. The van der Waals surface area contributed by atoms with Crippen LogP contribution in [0.15, 0.2) is 0 Å². The van der Waals surface area contributed by atoms with E-state index in [1.54, 1.807) is 0 Å². The summed E-state index contributed by atoms with van der Waals surface area (Å²) >= 11 is 0. The van der Waals surface area contributed by atoms with Crippen LogP contribution in [0.4, 0.5) is 0 Å². The molecule has 0 aromatic heterocycles. The van der Waals surface area contributed by atoms with E-state index in [1.807, 2.05) is 0 Å². The summed E-state index contributed by atoms with van der Waals surface area (Å²) in [6.45, 7) is 5.99. The molecule has 0 aliphatic carbocycles. The molecule has 10 heavy (non-hydrogen) atoms. The Kier molecular flexibility index (Phi) is 2.72. The van der Waals surface area contributed by atoms with Gasteiger partial charge in [-0.2, -0.15) is 0 Å². The molecule has 1 fully saturated rings. The lowest BCUT2D eigenvalue weighted by Crippen LogP contribution is -2.27. The molecule has 0 saturated carbocycles. The fourth-order valence-electron chi connectivity index (χ4n) is 1.53. The van der Waals surface area contributed by atoms with E-state index in [2.05, 4.69) is 25.8 Å². The zero-order valence-electron chi connectivity index (χ0n) is 7.43. The average molecular weight is 141 g/mol. The van der Waals surface area contributed by atoms with Crippen LogP contribution >= 0.6 is 0 Å². The first-order valence-electron chi connectivity index (χ1n) is 4.40. The second-order valence-electron chi connectivity index (χ2n) is 3.80. The SMILES string of the molecule is CC1CCC(C)N(C)CC1. The summed E-state index contributed by atoms with van der Waals surface area (Å²) in [5.41, 5.74) is 0. The number of rotatable bonds is 0. The molecule has 0 radical (unpaired) electrons. The molecule has 1 aliphatic rings. The summed E-state index contributed by atoms with van der Waals surface area (Å²) in [4.78, 5) is 2.48. The van der Waals surface area contributed by atoms with Gasteiger partial charge in [-0.15, -0.1) is 0 Å². The molecule has 0 amide bonds. The Bertz CT molecular complexity index is 88.9. The normalized spacial score (nSPS) is 37.5. The van der Waals surface area contributed by atoms with Crippen LogP contribution in [0.3, 0.4) is 0 Å². The molecule has 1 saturated heterocycles. The maximum Gasteiger partial charge on any atom is 0.00639 e. The van der Waals surface area contributed by atoms with Crippen molar-refractivity contribution < 1.29 is 0 Å². The first-order chi connectivity index (χ1) is 4.70. The highest BCUT2D eigenvalue weighted by Crippen LogP contribution is 2.19. The number of likely N-dealkylation sites (tertiary alicyclic amines) is 1. The van der Waals surface area contributed by atoms with Crippen LogP contribution in [0.25, 0.3) is 0 Å². The third kappa shape index (κ3) is 1.98. The fraction of sp³-hybridized carbons (Fsp3) is 1.00. The van der Waals surface area contributed by atoms with E-state index in [0.717, 1.165) is 12.0 Å². The van der Waals surface area contributed by atoms with Gasteiger partial charge in [0, 0.05) is 6.04 Å². The largest absolute Gasteiger partial charge is 0.304 e. The molecule has 0 aromatic rings. The predicted octanol–water partition coefficient (Wildman–Crippen LogP) is 2.13. The number of nitrogens with zero attached hydrogens (tertiary/aromatic N) is 1. The van der Waals surface area contributed by atoms with Crippen LogP contribution in [0.2, 0.25) is 0 Å². The molecule has 1 heteroatoms.